The lowest BCUT2D eigenvalue weighted by Gasteiger charge is -2.21. The van der Waals surface area contributed by atoms with Crippen LogP contribution in [0.5, 0.6) is 0 Å². The Morgan fingerprint density at radius 1 is 0.317 bits per heavy atom. The molecule has 2 aliphatic rings. The minimum atomic E-state index is -0.0242. The Balaban J connectivity index is 0.970. The number of thiophene rings is 2. The van der Waals surface area contributed by atoms with Gasteiger partial charge in [-0.1, -0.05) is 149 Å². The summed E-state index contributed by atoms with van der Waals surface area (Å²) in [6.07, 6.45) is 0. The summed E-state index contributed by atoms with van der Waals surface area (Å²) >= 11 is 3.84. The topological polar surface area (TPSA) is 0 Å². The van der Waals surface area contributed by atoms with Gasteiger partial charge in [0.2, 0.25) is 0 Å². The summed E-state index contributed by atoms with van der Waals surface area (Å²) in [5, 5.41) is 13.5. The number of hydrogen-bond donors (Lipinski definition) is 0. The van der Waals surface area contributed by atoms with Crippen LogP contribution in [0.3, 0.4) is 0 Å². The maximum absolute atomic E-state index is 2.48. The van der Waals surface area contributed by atoms with Gasteiger partial charge in [0.15, 0.2) is 0 Å². The van der Waals surface area contributed by atoms with E-state index in [0.717, 1.165) is 0 Å². The Morgan fingerprint density at radius 3 is 1.20 bits per heavy atom. The molecule has 0 unspecified atom stereocenters. The monoisotopic (exact) mass is 798 g/mol. The van der Waals surface area contributed by atoms with Crippen molar-refractivity contribution in [2.24, 2.45) is 0 Å². The summed E-state index contributed by atoms with van der Waals surface area (Å²) in [7, 11) is 0. The number of rotatable bonds is 2. The third kappa shape index (κ3) is 4.11. The van der Waals surface area contributed by atoms with E-state index in [9.17, 15) is 0 Å². The summed E-state index contributed by atoms with van der Waals surface area (Å²) in [5.41, 5.74) is 16.4. The quantitative estimate of drug-likeness (QED) is 0.153. The summed E-state index contributed by atoms with van der Waals surface area (Å²) in [6.45, 7) is 9.53. The zero-order chi connectivity index (χ0) is 39.8. The highest BCUT2D eigenvalue weighted by Crippen LogP contribution is 2.56. The molecule has 0 saturated heterocycles. The van der Waals surface area contributed by atoms with Crippen LogP contribution in [-0.2, 0) is 10.8 Å². The van der Waals surface area contributed by atoms with Crippen molar-refractivity contribution in [3.05, 3.63) is 180 Å². The van der Waals surface area contributed by atoms with Crippen LogP contribution in [0, 0.1) is 0 Å². The molecule has 2 aliphatic carbocycles. The average molecular weight is 799 g/mol. The van der Waals surface area contributed by atoms with Gasteiger partial charge in [0.25, 0.3) is 0 Å². The largest absolute Gasteiger partial charge is 0.135 e. The fourth-order valence-electron chi connectivity index (χ4n) is 11.8. The van der Waals surface area contributed by atoms with Crippen LogP contribution < -0.4 is 0 Å². The summed E-state index contributed by atoms with van der Waals surface area (Å²) in [4.78, 5) is 0. The van der Waals surface area contributed by atoms with Crippen molar-refractivity contribution >= 4 is 95.3 Å². The molecule has 0 radical (unpaired) electrons. The Morgan fingerprint density at radius 2 is 0.733 bits per heavy atom. The molecular formula is C58H38S2. The van der Waals surface area contributed by atoms with E-state index in [1.807, 2.05) is 22.7 Å². The molecule has 0 N–H and O–H groups in total. The second-order valence-electron chi connectivity index (χ2n) is 18.3. The molecule has 0 aliphatic heterocycles. The fraction of sp³-hybridized carbons (Fsp3) is 0.103. The summed E-state index contributed by atoms with van der Waals surface area (Å²) in [6, 6.07) is 60.8. The molecule has 0 amide bonds. The number of benzene rings is 10. The molecule has 0 saturated carbocycles. The molecule has 14 rings (SSSR count). The van der Waals surface area contributed by atoms with E-state index in [2.05, 4.69) is 185 Å². The van der Waals surface area contributed by atoms with Crippen molar-refractivity contribution in [1.82, 2.24) is 0 Å². The molecule has 0 fully saturated rings. The van der Waals surface area contributed by atoms with Crippen molar-refractivity contribution in [2.45, 2.75) is 38.5 Å². The van der Waals surface area contributed by atoms with E-state index < -0.39 is 0 Å². The maximum atomic E-state index is 2.48. The Bertz CT molecular complexity index is 3630. The van der Waals surface area contributed by atoms with E-state index in [0.29, 0.717) is 0 Å². The smallest absolute Gasteiger partial charge is 0.0361 e. The molecular weight excluding hydrogens is 761 g/mol. The second kappa shape index (κ2) is 11.3. The lowest BCUT2D eigenvalue weighted by molar-refractivity contribution is 0.661. The molecule has 0 spiro atoms. The molecule has 2 heteroatoms. The van der Waals surface area contributed by atoms with Crippen LogP contribution >= 0.6 is 22.7 Å². The van der Waals surface area contributed by atoms with Crippen molar-refractivity contribution in [3.8, 4) is 44.5 Å². The molecule has 2 aromatic heterocycles. The molecule has 0 atom stereocenters. The van der Waals surface area contributed by atoms with E-state index in [1.165, 1.54) is 139 Å². The maximum Gasteiger partial charge on any atom is 0.0361 e. The lowest BCUT2D eigenvalue weighted by Crippen LogP contribution is -2.14. The van der Waals surface area contributed by atoms with Gasteiger partial charge in [0, 0.05) is 51.2 Å². The van der Waals surface area contributed by atoms with E-state index in [-0.39, 0.29) is 10.8 Å². The van der Waals surface area contributed by atoms with Crippen molar-refractivity contribution in [1.29, 1.82) is 0 Å². The van der Waals surface area contributed by atoms with E-state index >= 15 is 0 Å². The van der Waals surface area contributed by atoms with Gasteiger partial charge in [0.1, 0.15) is 0 Å². The Labute approximate surface area is 356 Å². The molecule has 0 bridgehead atoms. The van der Waals surface area contributed by atoms with Crippen molar-refractivity contribution in [2.75, 3.05) is 0 Å². The zero-order valence-electron chi connectivity index (χ0n) is 33.8. The highest BCUT2D eigenvalue weighted by molar-refractivity contribution is 7.26. The Hall–Kier alpha value is -6.32. The van der Waals surface area contributed by atoms with Crippen LogP contribution in [0.25, 0.3) is 117 Å². The predicted octanol–water partition coefficient (Wildman–Crippen LogP) is 17.3. The van der Waals surface area contributed by atoms with Crippen LogP contribution in [0.2, 0.25) is 0 Å². The average Bonchev–Trinajstić information content (AvgIpc) is 3.97. The fourth-order valence-corrected chi connectivity index (χ4v) is 13.9. The number of fused-ring (bicyclic) bond motifs is 14. The second-order valence-corrected chi connectivity index (χ2v) is 20.5. The van der Waals surface area contributed by atoms with Gasteiger partial charge in [-0.2, -0.15) is 0 Å². The van der Waals surface area contributed by atoms with Crippen LogP contribution in [0.1, 0.15) is 49.9 Å². The van der Waals surface area contributed by atoms with Gasteiger partial charge < -0.3 is 0 Å². The SMILES string of the molecule is CC1(C)c2ccccc2-c2c1ccc1sc3ccc(-c4ccc5ccc6c(-c7ccc8sc9ccc%10c(c9c8c7)-c7ccccc7C%10(C)C)ccc7ccc4c5c76)cc3c21. The van der Waals surface area contributed by atoms with Gasteiger partial charge in [-0.05, 0) is 135 Å². The first-order valence-electron chi connectivity index (χ1n) is 21.2. The first-order valence-corrected chi connectivity index (χ1v) is 22.8. The van der Waals surface area contributed by atoms with Gasteiger partial charge >= 0.3 is 0 Å². The minimum absolute atomic E-state index is 0.0242. The van der Waals surface area contributed by atoms with E-state index in [1.54, 1.807) is 0 Å². The zero-order valence-corrected chi connectivity index (χ0v) is 35.5. The highest BCUT2D eigenvalue weighted by Gasteiger charge is 2.38. The third-order valence-electron chi connectivity index (χ3n) is 14.6. The molecule has 282 valence electrons. The van der Waals surface area contributed by atoms with Crippen LogP contribution in [0.4, 0.5) is 0 Å². The molecule has 2 heterocycles. The number of hydrogen-bond acceptors (Lipinski definition) is 2. The standard InChI is InChI=1S/C58H38S2/c1-57(2)43-11-7-5-9-39(43)53-45(57)23-27-49-55(53)41-29-33(17-25-47(41)59-49)35-19-13-31-16-22-38-36(20-14-32-15-21-37(35)51(31)52(32)38)34-18-26-48-42(30-34)56-50(60-48)28-24-46-54(56)40-10-6-8-12-44(40)58(46,3)4/h5-30H,1-4H3. The minimum Gasteiger partial charge on any atom is -0.135 e. The van der Waals surface area contributed by atoms with Crippen molar-refractivity contribution < 1.29 is 0 Å². The highest BCUT2D eigenvalue weighted by atomic mass is 32.1. The van der Waals surface area contributed by atoms with Crippen molar-refractivity contribution in [3.63, 3.8) is 0 Å². The molecule has 10 aromatic carbocycles. The van der Waals surface area contributed by atoms with Crippen LogP contribution in [0.15, 0.2) is 158 Å². The van der Waals surface area contributed by atoms with Gasteiger partial charge in [-0.15, -0.1) is 22.7 Å². The lowest BCUT2D eigenvalue weighted by atomic mass is 9.82. The van der Waals surface area contributed by atoms with E-state index in [4.69, 9.17) is 0 Å². The normalized spacial score (nSPS) is 14.9. The molecule has 60 heavy (non-hydrogen) atoms. The molecule has 12 aromatic rings. The van der Waals surface area contributed by atoms with Crippen LogP contribution in [-0.4, -0.2) is 0 Å². The summed E-state index contributed by atoms with van der Waals surface area (Å²) < 4.78 is 5.42. The van der Waals surface area contributed by atoms with Gasteiger partial charge in [0.05, 0.1) is 0 Å². The summed E-state index contributed by atoms with van der Waals surface area (Å²) in [5.74, 6) is 0. The molecule has 0 nitrogen and oxygen atoms in total. The van der Waals surface area contributed by atoms with Gasteiger partial charge in [-0.25, -0.2) is 0 Å². The predicted molar refractivity (Wildman–Crippen MR) is 262 cm³/mol. The first kappa shape index (κ1) is 33.5. The van der Waals surface area contributed by atoms with Gasteiger partial charge in [-0.3, -0.25) is 0 Å². The third-order valence-corrected chi connectivity index (χ3v) is 16.9. The Kier molecular flexibility index (Phi) is 6.30. The first-order chi connectivity index (χ1) is 29.3.